The van der Waals surface area contributed by atoms with Gasteiger partial charge in [-0.1, -0.05) is 12.1 Å². The molecule has 5 heteroatoms. The Kier molecular flexibility index (Phi) is 5.00. The lowest BCUT2D eigenvalue weighted by atomic mass is 9.94. The molecule has 0 atom stereocenters. The van der Waals surface area contributed by atoms with Gasteiger partial charge in [0.15, 0.2) is 11.6 Å². The number of aromatic hydroxyl groups is 1. The summed E-state index contributed by atoms with van der Waals surface area (Å²) in [6.07, 6.45) is 2.38. The van der Waals surface area contributed by atoms with Crippen molar-refractivity contribution < 1.29 is 24.2 Å². The van der Waals surface area contributed by atoms with Gasteiger partial charge in [-0.15, -0.1) is 0 Å². The largest absolute Gasteiger partial charge is 0.507 e. The van der Waals surface area contributed by atoms with E-state index < -0.39 is 0 Å². The van der Waals surface area contributed by atoms with E-state index in [-0.39, 0.29) is 34.4 Å². The first-order valence-corrected chi connectivity index (χ1v) is 5.69. The van der Waals surface area contributed by atoms with Crippen LogP contribution < -0.4 is 0 Å². The van der Waals surface area contributed by atoms with Gasteiger partial charge in [-0.05, 0) is 25.1 Å². The molecule has 2 rings (SSSR count). The van der Waals surface area contributed by atoms with Crippen molar-refractivity contribution >= 4 is 17.5 Å². The highest BCUT2D eigenvalue weighted by Gasteiger charge is 2.21. The number of hydrogen-bond acceptors (Lipinski definition) is 5. The lowest BCUT2D eigenvalue weighted by Crippen LogP contribution is -2.11. The first kappa shape index (κ1) is 14.6. The zero-order chi connectivity index (χ0) is 14.4. The molecule has 0 saturated carbocycles. The number of fused-ring (bicyclic) bond motifs is 1. The van der Waals surface area contributed by atoms with E-state index >= 15 is 0 Å². The normalized spacial score (nSPS) is 12.3. The predicted molar refractivity (Wildman–Crippen MR) is 68.2 cm³/mol. The summed E-state index contributed by atoms with van der Waals surface area (Å²) >= 11 is 0. The molecule has 0 aliphatic heterocycles. The van der Waals surface area contributed by atoms with Crippen LogP contribution >= 0.6 is 0 Å². The Bertz CT molecular complexity index is 543. The molecule has 0 heterocycles. The van der Waals surface area contributed by atoms with Gasteiger partial charge >= 0.3 is 5.97 Å². The standard InChI is InChI=1S/C10H6O3.C4H8O2/c11-7-4-5-9(13)10-6(7)2-1-3-8(10)12;1-3-6-4(2)5/h1-5,12H;3H2,1-2H3. The maximum Gasteiger partial charge on any atom is 0.302 e. The topological polar surface area (TPSA) is 80.7 Å². The highest BCUT2D eigenvalue weighted by atomic mass is 16.5. The van der Waals surface area contributed by atoms with Crippen LogP contribution in [0.1, 0.15) is 34.6 Å². The third-order valence-electron chi connectivity index (χ3n) is 2.29. The SMILES string of the molecule is CCOC(C)=O.O=C1C=CC(=O)c2c(O)cccc21. The lowest BCUT2D eigenvalue weighted by Gasteiger charge is -2.09. The third-order valence-corrected chi connectivity index (χ3v) is 2.29. The number of hydrogen-bond donors (Lipinski definition) is 1. The van der Waals surface area contributed by atoms with Crippen LogP contribution in [-0.4, -0.2) is 29.2 Å². The summed E-state index contributed by atoms with van der Waals surface area (Å²) in [5, 5.41) is 9.34. The van der Waals surface area contributed by atoms with Crippen LogP contribution in [-0.2, 0) is 9.53 Å². The number of ether oxygens (including phenoxy) is 1. The predicted octanol–water partition coefficient (Wildman–Crippen LogP) is 1.90. The molecule has 0 fully saturated rings. The summed E-state index contributed by atoms with van der Waals surface area (Å²) in [4.78, 5) is 32.3. The Labute approximate surface area is 110 Å². The van der Waals surface area contributed by atoms with E-state index in [4.69, 9.17) is 0 Å². The summed E-state index contributed by atoms with van der Waals surface area (Å²) in [6.45, 7) is 3.65. The second-order valence-electron chi connectivity index (χ2n) is 3.69. The molecule has 0 amide bonds. The van der Waals surface area contributed by atoms with Crippen molar-refractivity contribution in [1.82, 2.24) is 0 Å². The van der Waals surface area contributed by atoms with Gasteiger partial charge in [0.05, 0.1) is 12.2 Å². The van der Waals surface area contributed by atoms with Crippen LogP contribution in [0.5, 0.6) is 5.75 Å². The van der Waals surface area contributed by atoms with Crippen LogP contribution in [0.3, 0.4) is 0 Å². The fourth-order valence-corrected chi connectivity index (χ4v) is 1.53. The molecular formula is C14H14O5. The molecule has 5 nitrogen and oxygen atoms in total. The highest BCUT2D eigenvalue weighted by molar-refractivity contribution is 6.23. The molecule has 0 unspecified atom stereocenters. The zero-order valence-corrected chi connectivity index (χ0v) is 10.7. The monoisotopic (exact) mass is 262 g/mol. The minimum absolute atomic E-state index is 0.106. The molecule has 1 aromatic rings. The molecule has 1 aromatic carbocycles. The van der Waals surface area contributed by atoms with E-state index in [0.29, 0.717) is 6.61 Å². The number of carbonyl (C=O) groups is 3. The van der Waals surface area contributed by atoms with Gasteiger partial charge in [-0.25, -0.2) is 0 Å². The van der Waals surface area contributed by atoms with Crippen LogP contribution in [0.2, 0.25) is 0 Å². The number of phenols is 1. The molecule has 0 saturated heterocycles. The van der Waals surface area contributed by atoms with Crippen LogP contribution in [0.4, 0.5) is 0 Å². The number of rotatable bonds is 1. The second-order valence-corrected chi connectivity index (χ2v) is 3.69. The van der Waals surface area contributed by atoms with Crippen molar-refractivity contribution in [2.45, 2.75) is 13.8 Å². The minimum atomic E-state index is -0.326. The van der Waals surface area contributed by atoms with Crippen LogP contribution in [0, 0.1) is 0 Å². The maximum atomic E-state index is 11.3. The summed E-state index contributed by atoms with van der Waals surface area (Å²) in [6, 6.07) is 4.46. The maximum absolute atomic E-state index is 11.3. The number of ketones is 2. The van der Waals surface area contributed by atoms with Gasteiger partial charge in [0.1, 0.15) is 5.75 Å². The van der Waals surface area contributed by atoms with Gasteiger partial charge in [0.25, 0.3) is 0 Å². The molecule has 1 N–H and O–H groups in total. The third kappa shape index (κ3) is 3.77. The van der Waals surface area contributed by atoms with Crippen LogP contribution in [0.25, 0.3) is 0 Å². The first-order valence-electron chi connectivity index (χ1n) is 5.69. The van der Waals surface area contributed by atoms with Gasteiger partial charge in [-0.2, -0.15) is 0 Å². The Balaban J connectivity index is 0.000000258. The molecule has 19 heavy (non-hydrogen) atoms. The first-order chi connectivity index (χ1) is 8.97. The summed E-state index contributed by atoms with van der Waals surface area (Å²) in [7, 11) is 0. The van der Waals surface area contributed by atoms with Crippen LogP contribution in [0.15, 0.2) is 30.4 Å². The average Bonchev–Trinajstić information content (AvgIpc) is 2.34. The van der Waals surface area contributed by atoms with E-state index in [1.165, 1.54) is 31.2 Å². The fraction of sp³-hybridized carbons (Fsp3) is 0.214. The number of benzene rings is 1. The van der Waals surface area contributed by atoms with Gasteiger partial charge < -0.3 is 9.84 Å². The quantitative estimate of drug-likeness (QED) is 0.782. The fourth-order valence-electron chi connectivity index (χ4n) is 1.53. The molecule has 1 aliphatic rings. The lowest BCUT2D eigenvalue weighted by molar-refractivity contribution is -0.140. The van der Waals surface area contributed by atoms with Crippen molar-refractivity contribution in [3.05, 3.63) is 41.5 Å². The number of esters is 1. The van der Waals surface area contributed by atoms with Gasteiger partial charge in [0, 0.05) is 12.5 Å². The molecule has 0 aromatic heterocycles. The molecule has 0 spiro atoms. The number of allylic oxidation sites excluding steroid dienone is 2. The van der Waals surface area contributed by atoms with Crippen molar-refractivity contribution in [3.63, 3.8) is 0 Å². The smallest absolute Gasteiger partial charge is 0.302 e. The van der Waals surface area contributed by atoms with Gasteiger partial charge in [0.2, 0.25) is 0 Å². The second kappa shape index (κ2) is 6.49. The molecular weight excluding hydrogens is 248 g/mol. The summed E-state index contributed by atoms with van der Waals surface area (Å²) < 4.78 is 4.40. The number of phenolic OH excluding ortho intramolecular Hbond substituents is 1. The van der Waals surface area contributed by atoms with E-state index in [1.807, 2.05) is 0 Å². The molecule has 0 radical (unpaired) electrons. The molecule has 0 bridgehead atoms. The van der Waals surface area contributed by atoms with Crippen molar-refractivity contribution in [1.29, 1.82) is 0 Å². The minimum Gasteiger partial charge on any atom is -0.507 e. The molecule has 100 valence electrons. The number of carbonyl (C=O) groups excluding carboxylic acids is 3. The van der Waals surface area contributed by atoms with E-state index in [9.17, 15) is 19.5 Å². The molecule has 1 aliphatic carbocycles. The Morgan fingerprint density at radius 1 is 1.21 bits per heavy atom. The average molecular weight is 262 g/mol. The Morgan fingerprint density at radius 3 is 2.32 bits per heavy atom. The zero-order valence-electron chi connectivity index (χ0n) is 10.7. The van der Waals surface area contributed by atoms with E-state index in [2.05, 4.69) is 4.74 Å². The van der Waals surface area contributed by atoms with Crippen molar-refractivity contribution in [3.8, 4) is 5.75 Å². The summed E-state index contributed by atoms with van der Waals surface area (Å²) in [5.41, 5.74) is 0.377. The highest BCUT2D eigenvalue weighted by Crippen LogP contribution is 2.25. The summed E-state index contributed by atoms with van der Waals surface area (Å²) in [5.74, 6) is -0.920. The van der Waals surface area contributed by atoms with E-state index in [1.54, 1.807) is 13.0 Å². The van der Waals surface area contributed by atoms with Crippen molar-refractivity contribution in [2.24, 2.45) is 0 Å². The van der Waals surface area contributed by atoms with E-state index in [0.717, 1.165) is 0 Å². The Hall–Kier alpha value is -2.43. The Morgan fingerprint density at radius 2 is 1.84 bits per heavy atom. The van der Waals surface area contributed by atoms with Crippen molar-refractivity contribution in [2.75, 3.05) is 6.61 Å². The van der Waals surface area contributed by atoms with Gasteiger partial charge in [-0.3, -0.25) is 14.4 Å².